The Kier molecular flexibility index (Phi) is 3.90. The predicted molar refractivity (Wildman–Crippen MR) is 105 cm³/mol. The Morgan fingerprint density at radius 1 is 0.833 bits per heavy atom. The van der Waals surface area contributed by atoms with Crippen molar-refractivity contribution in [1.82, 2.24) is 0 Å². The van der Waals surface area contributed by atoms with E-state index >= 15 is 0 Å². The Morgan fingerprint density at radius 3 is 2.29 bits per heavy atom. The molecule has 0 radical (unpaired) electrons. The summed E-state index contributed by atoms with van der Waals surface area (Å²) in [5, 5.41) is 0. The molecule has 0 amide bonds. The fourth-order valence-corrected chi connectivity index (χ4v) is 6.55. The van der Waals surface area contributed by atoms with Crippen molar-refractivity contribution in [3.63, 3.8) is 0 Å². The molecule has 4 heteroatoms. The second-order valence-corrected chi connectivity index (χ2v) is 10.6. The van der Waals surface area contributed by atoms with Gasteiger partial charge in [-0.05, 0) is 42.2 Å². The van der Waals surface area contributed by atoms with E-state index < -0.39 is 0 Å². The zero-order valence-electron chi connectivity index (χ0n) is 14.1. The minimum absolute atomic E-state index is 0.141. The van der Waals surface area contributed by atoms with Gasteiger partial charge in [-0.25, -0.2) is 0 Å². The number of allylic oxidation sites excluding steroid dienone is 1. The molecule has 1 nitrogen and oxygen atoms in total. The average Bonchev–Trinajstić information content (AvgIpc) is 3.07. The van der Waals surface area contributed by atoms with E-state index in [1.807, 2.05) is 13.0 Å². The third kappa shape index (κ3) is 2.75. The van der Waals surface area contributed by atoms with Crippen molar-refractivity contribution in [2.24, 2.45) is 0 Å². The topological polar surface area (TPSA) is 17.1 Å². The molecular formula is C20H18OS3. The second-order valence-electron chi connectivity index (χ2n) is 7.16. The average molecular weight is 371 g/mol. The number of benzene rings is 2. The van der Waals surface area contributed by atoms with Gasteiger partial charge in [-0.1, -0.05) is 73.8 Å². The summed E-state index contributed by atoms with van der Waals surface area (Å²) in [7, 11) is 0. The molecule has 0 fully saturated rings. The van der Waals surface area contributed by atoms with Gasteiger partial charge in [0, 0.05) is 20.2 Å². The fourth-order valence-electron chi connectivity index (χ4n) is 2.78. The predicted octanol–water partition coefficient (Wildman–Crippen LogP) is 6.65. The van der Waals surface area contributed by atoms with E-state index in [9.17, 15) is 4.79 Å². The quantitative estimate of drug-likeness (QED) is 0.483. The van der Waals surface area contributed by atoms with Crippen molar-refractivity contribution in [2.45, 2.75) is 47.8 Å². The lowest BCUT2D eigenvalue weighted by Crippen LogP contribution is -2.10. The number of hydrogen-bond acceptors (Lipinski definition) is 4. The summed E-state index contributed by atoms with van der Waals surface area (Å²) >= 11 is 5.09. The molecule has 0 atom stereocenters. The van der Waals surface area contributed by atoms with Crippen LogP contribution < -0.4 is 0 Å². The van der Waals surface area contributed by atoms with Gasteiger partial charge in [-0.3, -0.25) is 4.79 Å². The Labute approximate surface area is 155 Å². The van der Waals surface area contributed by atoms with Gasteiger partial charge in [0.1, 0.15) is 0 Å². The van der Waals surface area contributed by atoms with E-state index in [4.69, 9.17) is 0 Å². The van der Waals surface area contributed by atoms with Gasteiger partial charge < -0.3 is 0 Å². The zero-order valence-corrected chi connectivity index (χ0v) is 16.5. The Balaban J connectivity index is 1.70. The zero-order chi connectivity index (χ0) is 17.1. The van der Waals surface area contributed by atoms with Crippen molar-refractivity contribution in [1.29, 1.82) is 0 Å². The summed E-state index contributed by atoms with van der Waals surface area (Å²) in [5.74, 6) is 0.178. The fraction of sp³-hybridized carbons (Fsp3) is 0.250. The Hall–Kier alpha value is -1.10. The highest BCUT2D eigenvalue weighted by Gasteiger charge is 2.32. The molecular weight excluding hydrogens is 352 g/mol. The maximum atomic E-state index is 12.8. The highest BCUT2D eigenvalue weighted by atomic mass is 32.2. The van der Waals surface area contributed by atoms with Crippen molar-refractivity contribution >= 4 is 41.1 Å². The first-order chi connectivity index (χ1) is 11.3. The third-order valence-corrected chi connectivity index (χ3v) is 8.17. The number of carbonyl (C=O) groups excluding carboxylic acids is 1. The minimum Gasteiger partial charge on any atom is -0.288 e. The van der Waals surface area contributed by atoms with Crippen LogP contribution >= 0.6 is 35.3 Å². The van der Waals surface area contributed by atoms with Crippen LogP contribution in [-0.4, -0.2) is 5.78 Å². The van der Waals surface area contributed by atoms with Crippen LogP contribution in [-0.2, 0) is 5.41 Å². The summed E-state index contributed by atoms with van der Waals surface area (Å²) in [6, 6.07) is 12.8. The van der Waals surface area contributed by atoms with Crippen molar-refractivity contribution in [3.05, 3.63) is 62.2 Å². The lowest BCUT2D eigenvalue weighted by atomic mass is 9.87. The van der Waals surface area contributed by atoms with E-state index in [1.165, 1.54) is 15.4 Å². The van der Waals surface area contributed by atoms with Crippen LogP contribution in [0, 0.1) is 6.92 Å². The number of ketones is 1. The van der Waals surface area contributed by atoms with Crippen molar-refractivity contribution < 1.29 is 4.79 Å². The smallest absolute Gasteiger partial charge is 0.202 e. The van der Waals surface area contributed by atoms with Crippen molar-refractivity contribution in [3.8, 4) is 0 Å². The molecule has 2 aromatic rings. The number of thioether (sulfide) groups is 3. The number of carbonyl (C=O) groups is 1. The number of aryl methyl sites for hydroxylation is 1. The number of rotatable bonds is 0. The van der Waals surface area contributed by atoms with Crippen LogP contribution in [0.25, 0.3) is 0 Å². The molecule has 4 rings (SSSR count). The summed E-state index contributed by atoms with van der Waals surface area (Å²) in [6.07, 6.45) is 0. The standard InChI is InChI=1S/C20H18OS3/c1-11-5-7-14-13(9-11)17(21)18(22-14)19-23-15-8-6-12(20(2,3)4)10-16(15)24-19/h5-10H,1-4H3/b19-18-. The highest BCUT2D eigenvalue weighted by Crippen LogP contribution is 2.57. The molecule has 0 unspecified atom stereocenters. The van der Waals surface area contributed by atoms with Gasteiger partial charge in [0.25, 0.3) is 0 Å². The molecule has 0 spiro atoms. The van der Waals surface area contributed by atoms with Crippen LogP contribution in [0.3, 0.4) is 0 Å². The lowest BCUT2D eigenvalue weighted by Gasteiger charge is -2.19. The van der Waals surface area contributed by atoms with E-state index in [1.54, 1.807) is 35.3 Å². The largest absolute Gasteiger partial charge is 0.288 e. The normalized spacial score (nSPS) is 19.6. The van der Waals surface area contributed by atoms with Crippen LogP contribution in [0.4, 0.5) is 0 Å². The Morgan fingerprint density at radius 2 is 1.54 bits per heavy atom. The van der Waals surface area contributed by atoms with E-state index in [-0.39, 0.29) is 11.2 Å². The number of Topliss-reactive ketones (excluding diaryl/α,β-unsaturated/α-hetero) is 1. The van der Waals surface area contributed by atoms with E-state index in [0.717, 1.165) is 25.2 Å². The van der Waals surface area contributed by atoms with Crippen LogP contribution in [0.1, 0.15) is 42.3 Å². The van der Waals surface area contributed by atoms with E-state index in [2.05, 4.69) is 51.1 Å². The SMILES string of the molecule is Cc1ccc2c(c1)C(=O)/C(=C1\Sc3ccc(C(C)(C)C)cc3S1)S2. The van der Waals surface area contributed by atoms with Gasteiger partial charge in [0.05, 0.1) is 9.14 Å². The van der Waals surface area contributed by atoms with Gasteiger partial charge >= 0.3 is 0 Å². The molecule has 0 N–H and O–H groups in total. The maximum absolute atomic E-state index is 12.8. The molecule has 2 aliphatic heterocycles. The number of hydrogen-bond donors (Lipinski definition) is 0. The minimum atomic E-state index is 0.141. The molecule has 2 aromatic carbocycles. The van der Waals surface area contributed by atoms with Crippen molar-refractivity contribution in [2.75, 3.05) is 0 Å². The molecule has 2 heterocycles. The molecule has 0 aliphatic carbocycles. The van der Waals surface area contributed by atoms with Gasteiger partial charge in [-0.15, -0.1) is 0 Å². The lowest BCUT2D eigenvalue weighted by molar-refractivity contribution is 0.104. The molecule has 0 saturated carbocycles. The molecule has 0 saturated heterocycles. The molecule has 122 valence electrons. The first-order valence-corrected chi connectivity index (χ1v) is 10.4. The summed E-state index contributed by atoms with van der Waals surface area (Å²) in [5.41, 5.74) is 3.47. The first kappa shape index (κ1) is 16.4. The van der Waals surface area contributed by atoms with Crippen LogP contribution in [0.2, 0.25) is 0 Å². The van der Waals surface area contributed by atoms with Crippen LogP contribution in [0.5, 0.6) is 0 Å². The number of fused-ring (bicyclic) bond motifs is 2. The molecule has 24 heavy (non-hydrogen) atoms. The van der Waals surface area contributed by atoms with Crippen LogP contribution in [0.15, 0.2) is 60.2 Å². The third-order valence-electron chi connectivity index (χ3n) is 4.20. The second kappa shape index (κ2) is 5.72. The van der Waals surface area contributed by atoms with Gasteiger partial charge in [0.2, 0.25) is 5.78 Å². The molecule has 2 aliphatic rings. The molecule has 0 bridgehead atoms. The van der Waals surface area contributed by atoms with Gasteiger partial charge in [-0.2, -0.15) is 0 Å². The highest BCUT2D eigenvalue weighted by molar-refractivity contribution is 8.25. The summed E-state index contributed by atoms with van der Waals surface area (Å²) in [6.45, 7) is 8.73. The summed E-state index contributed by atoms with van der Waals surface area (Å²) in [4.78, 5) is 17.3. The summed E-state index contributed by atoms with van der Waals surface area (Å²) < 4.78 is 1.12. The van der Waals surface area contributed by atoms with E-state index in [0.29, 0.717) is 0 Å². The maximum Gasteiger partial charge on any atom is 0.202 e. The Bertz CT molecular complexity index is 904. The first-order valence-electron chi connectivity index (χ1n) is 7.90. The monoisotopic (exact) mass is 370 g/mol. The molecule has 0 aromatic heterocycles. The van der Waals surface area contributed by atoms with Gasteiger partial charge in [0.15, 0.2) is 0 Å².